The maximum Gasteiger partial charge on any atom is 0.301 e. The van der Waals surface area contributed by atoms with Crippen LogP contribution in [0.3, 0.4) is 0 Å². The fourth-order valence-corrected chi connectivity index (χ4v) is 5.43. The van der Waals surface area contributed by atoms with Gasteiger partial charge in [0.1, 0.15) is 17.3 Å². The zero-order chi connectivity index (χ0) is 26.1. The first-order valence-corrected chi connectivity index (χ1v) is 12.7. The van der Waals surface area contributed by atoms with Gasteiger partial charge in [0.05, 0.1) is 35.0 Å². The van der Waals surface area contributed by atoms with Gasteiger partial charge in [0.25, 0.3) is 5.78 Å². The molecule has 188 valence electrons. The van der Waals surface area contributed by atoms with Crippen LogP contribution < -0.4 is 14.4 Å². The number of ether oxygens (including phenoxy) is 2. The van der Waals surface area contributed by atoms with Gasteiger partial charge in [-0.2, -0.15) is 0 Å². The normalized spacial score (nSPS) is 16.9. The lowest BCUT2D eigenvalue weighted by Crippen LogP contribution is -2.29. The molecule has 3 heterocycles. The number of benzene rings is 2. The smallest absolute Gasteiger partial charge is 0.301 e. The van der Waals surface area contributed by atoms with E-state index in [2.05, 4.69) is 9.97 Å². The molecule has 2 aromatic carbocycles. The van der Waals surface area contributed by atoms with Crippen molar-refractivity contribution in [3.63, 3.8) is 0 Å². The summed E-state index contributed by atoms with van der Waals surface area (Å²) in [7, 11) is 0. The molecule has 1 aliphatic rings. The van der Waals surface area contributed by atoms with Gasteiger partial charge in [0.2, 0.25) is 0 Å². The number of fused-ring (bicyclic) bond motifs is 1. The first kappa shape index (κ1) is 24.5. The highest BCUT2D eigenvalue weighted by Crippen LogP contribution is 2.44. The Morgan fingerprint density at radius 3 is 2.59 bits per heavy atom. The Bertz CT molecular complexity index is 1530. The molecule has 2 aromatic heterocycles. The Labute approximate surface area is 217 Å². The van der Waals surface area contributed by atoms with Crippen LogP contribution >= 0.6 is 11.3 Å². The van der Waals surface area contributed by atoms with Crippen LogP contribution in [-0.4, -0.2) is 40.0 Å². The largest absolute Gasteiger partial charge is 0.507 e. The second kappa shape index (κ2) is 10.0. The number of pyridine rings is 1. The molecule has 1 N–H and O–H groups in total. The molecule has 4 aromatic rings. The molecule has 5 rings (SSSR count). The molecule has 0 radical (unpaired) electrons. The quantitative estimate of drug-likeness (QED) is 0.199. The van der Waals surface area contributed by atoms with E-state index in [1.54, 1.807) is 42.7 Å². The number of aromatic nitrogens is 2. The van der Waals surface area contributed by atoms with Crippen LogP contribution in [0.5, 0.6) is 11.5 Å². The Morgan fingerprint density at radius 2 is 1.89 bits per heavy atom. The van der Waals surface area contributed by atoms with Crippen LogP contribution in [0.15, 0.2) is 66.5 Å². The molecule has 0 saturated carbocycles. The minimum atomic E-state index is -0.896. The summed E-state index contributed by atoms with van der Waals surface area (Å²) in [5.41, 5.74) is 2.46. The van der Waals surface area contributed by atoms with E-state index in [0.29, 0.717) is 46.5 Å². The van der Waals surface area contributed by atoms with Gasteiger partial charge >= 0.3 is 5.91 Å². The molecule has 37 heavy (non-hydrogen) atoms. The summed E-state index contributed by atoms with van der Waals surface area (Å²) >= 11 is 1.28. The summed E-state index contributed by atoms with van der Waals surface area (Å²) in [5, 5.41) is 11.7. The third-order valence-corrected chi connectivity index (χ3v) is 7.08. The zero-order valence-electron chi connectivity index (χ0n) is 20.6. The lowest BCUT2D eigenvalue weighted by Gasteiger charge is -2.22. The average Bonchev–Trinajstić information content (AvgIpc) is 3.43. The number of anilines is 1. The average molecular weight is 516 g/mol. The summed E-state index contributed by atoms with van der Waals surface area (Å²) < 4.78 is 12.0. The molecule has 1 amide bonds. The number of nitrogens with zero attached hydrogens (tertiary/aromatic N) is 3. The second-order valence-corrected chi connectivity index (χ2v) is 9.44. The fraction of sp³-hybridized carbons (Fsp3) is 0.214. The van der Waals surface area contributed by atoms with E-state index in [-0.39, 0.29) is 11.3 Å². The number of aryl methyl sites for hydroxylation is 1. The number of Topliss-reactive ketones (excluding diaryl/α,β-unsaturated/α-hetero) is 1. The van der Waals surface area contributed by atoms with Gasteiger partial charge in [0.15, 0.2) is 5.13 Å². The zero-order valence-corrected chi connectivity index (χ0v) is 21.4. The van der Waals surface area contributed by atoms with E-state index >= 15 is 0 Å². The maximum absolute atomic E-state index is 13.4. The van der Waals surface area contributed by atoms with Crippen molar-refractivity contribution in [2.75, 3.05) is 18.1 Å². The summed E-state index contributed by atoms with van der Waals surface area (Å²) in [5.74, 6) is -0.430. The minimum absolute atomic E-state index is 0.0178. The van der Waals surface area contributed by atoms with E-state index in [1.807, 2.05) is 39.0 Å². The van der Waals surface area contributed by atoms with Crippen LogP contribution in [-0.2, 0) is 9.59 Å². The third kappa shape index (κ3) is 4.42. The van der Waals surface area contributed by atoms with Crippen LogP contribution in [0.4, 0.5) is 5.13 Å². The summed E-state index contributed by atoms with van der Waals surface area (Å²) in [4.78, 5) is 37.0. The topological polar surface area (TPSA) is 102 Å². The number of carbonyl (C=O) groups is 2. The lowest BCUT2D eigenvalue weighted by molar-refractivity contribution is -0.132. The van der Waals surface area contributed by atoms with Crippen molar-refractivity contribution in [2.24, 2.45) is 0 Å². The monoisotopic (exact) mass is 515 g/mol. The van der Waals surface area contributed by atoms with Crippen molar-refractivity contribution >= 4 is 44.1 Å². The standard InChI is InChI=1S/C28H25N3O5S/c1-4-35-19-9-10-20-22(14-19)37-28(30-20)31-24(18-7-6-12-29-15-18)23(26(33)27(31)34)25(32)17-8-11-21(36-5-2)16(3)13-17/h6-15,24,32H,4-5H2,1-3H3/b25-23+. The molecular weight excluding hydrogens is 490 g/mol. The number of amides is 1. The van der Waals surface area contributed by atoms with Crippen molar-refractivity contribution in [2.45, 2.75) is 26.8 Å². The molecule has 1 saturated heterocycles. The highest BCUT2D eigenvalue weighted by atomic mass is 32.1. The molecule has 1 aliphatic heterocycles. The number of hydrogen-bond acceptors (Lipinski definition) is 8. The van der Waals surface area contributed by atoms with Gasteiger partial charge in [0, 0.05) is 18.0 Å². The molecule has 8 nitrogen and oxygen atoms in total. The number of ketones is 1. The highest BCUT2D eigenvalue weighted by Gasteiger charge is 2.48. The maximum atomic E-state index is 13.4. The van der Waals surface area contributed by atoms with Crippen molar-refractivity contribution < 1.29 is 24.2 Å². The molecular formula is C28H25N3O5S. The number of hydrogen-bond donors (Lipinski definition) is 1. The number of aliphatic hydroxyl groups is 1. The van der Waals surface area contributed by atoms with Gasteiger partial charge in [-0.25, -0.2) is 4.98 Å². The van der Waals surface area contributed by atoms with Crippen molar-refractivity contribution in [3.8, 4) is 11.5 Å². The van der Waals surface area contributed by atoms with E-state index in [4.69, 9.17) is 9.47 Å². The Morgan fingerprint density at radius 1 is 1.08 bits per heavy atom. The number of thiazole rings is 1. The first-order chi connectivity index (χ1) is 17.9. The molecule has 1 atom stereocenters. The van der Waals surface area contributed by atoms with E-state index in [9.17, 15) is 14.7 Å². The molecule has 1 fully saturated rings. The van der Waals surface area contributed by atoms with Crippen molar-refractivity contribution in [1.29, 1.82) is 0 Å². The van der Waals surface area contributed by atoms with Crippen LogP contribution in [0.1, 0.15) is 36.6 Å². The molecule has 9 heteroatoms. The van der Waals surface area contributed by atoms with Gasteiger partial charge in [-0.3, -0.25) is 19.5 Å². The fourth-order valence-electron chi connectivity index (χ4n) is 4.40. The number of aliphatic hydroxyl groups excluding tert-OH is 1. The van der Waals surface area contributed by atoms with Crippen LogP contribution in [0, 0.1) is 6.92 Å². The first-order valence-electron chi connectivity index (χ1n) is 11.9. The van der Waals surface area contributed by atoms with Crippen LogP contribution in [0.2, 0.25) is 0 Å². The molecule has 1 unspecified atom stereocenters. The van der Waals surface area contributed by atoms with Gasteiger partial charge in [-0.05, 0) is 74.4 Å². The van der Waals surface area contributed by atoms with Gasteiger partial charge < -0.3 is 14.6 Å². The van der Waals surface area contributed by atoms with Crippen molar-refractivity contribution in [1.82, 2.24) is 9.97 Å². The van der Waals surface area contributed by atoms with E-state index < -0.39 is 17.7 Å². The summed E-state index contributed by atoms with van der Waals surface area (Å²) in [6.07, 6.45) is 3.19. The summed E-state index contributed by atoms with van der Waals surface area (Å²) in [6, 6.07) is 13.2. The van der Waals surface area contributed by atoms with Crippen molar-refractivity contribution in [3.05, 3.63) is 83.2 Å². The molecule has 0 aliphatic carbocycles. The number of carbonyl (C=O) groups excluding carboxylic acids is 2. The van der Waals surface area contributed by atoms with Gasteiger partial charge in [-0.15, -0.1) is 0 Å². The molecule has 0 spiro atoms. The highest BCUT2D eigenvalue weighted by molar-refractivity contribution is 7.22. The third-order valence-electron chi connectivity index (χ3n) is 6.06. The SMILES string of the molecule is CCOc1ccc2nc(N3C(=O)C(=O)/C(=C(/O)c4ccc(OCC)c(C)c4)C3c3cccnc3)sc2c1. The lowest BCUT2D eigenvalue weighted by atomic mass is 9.96. The number of rotatable bonds is 7. The Kier molecular flexibility index (Phi) is 6.62. The Balaban J connectivity index is 1.66. The Hall–Kier alpha value is -4.24. The predicted octanol–water partition coefficient (Wildman–Crippen LogP) is 5.42. The van der Waals surface area contributed by atoms with E-state index in [1.165, 1.54) is 16.2 Å². The molecule has 0 bridgehead atoms. The predicted molar refractivity (Wildman–Crippen MR) is 142 cm³/mol. The van der Waals surface area contributed by atoms with Crippen LogP contribution in [0.25, 0.3) is 16.0 Å². The van der Waals surface area contributed by atoms with Gasteiger partial charge in [-0.1, -0.05) is 17.4 Å². The minimum Gasteiger partial charge on any atom is -0.507 e. The second-order valence-electron chi connectivity index (χ2n) is 8.43. The van der Waals surface area contributed by atoms with E-state index in [0.717, 1.165) is 10.3 Å². The summed E-state index contributed by atoms with van der Waals surface area (Å²) in [6.45, 7) is 6.69.